The second-order valence-corrected chi connectivity index (χ2v) is 6.26. The van der Waals surface area contributed by atoms with E-state index in [1.807, 2.05) is 30.3 Å². The van der Waals surface area contributed by atoms with Crippen LogP contribution in [0.2, 0.25) is 5.02 Å². The molecule has 0 N–H and O–H groups in total. The quantitative estimate of drug-likeness (QED) is 0.716. The summed E-state index contributed by atoms with van der Waals surface area (Å²) >= 11 is 5.95. The molecule has 1 fully saturated rings. The zero-order valence-corrected chi connectivity index (χ0v) is 13.8. The SMILES string of the molecule is O=C(c1ccc(F)cc1Cl)N1CC(c2nc(-c3ccccc3)no2)C1. The number of halogens is 2. The van der Waals surface area contributed by atoms with Crippen molar-refractivity contribution in [2.75, 3.05) is 13.1 Å². The number of hydrogen-bond donors (Lipinski definition) is 0. The molecule has 1 saturated heterocycles. The summed E-state index contributed by atoms with van der Waals surface area (Å²) in [5, 5.41) is 4.10. The maximum absolute atomic E-state index is 13.1. The smallest absolute Gasteiger partial charge is 0.255 e. The lowest BCUT2D eigenvalue weighted by Gasteiger charge is -2.37. The lowest BCUT2D eigenvalue weighted by atomic mass is 9.98. The topological polar surface area (TPSA) is 59.2 Å². The zero-order chi connectivity index (χ0) is 17.4. The molecule has 1 amide bonds. The van der Waals surface area contributed by atoms with Crippen LogP contribution in [-0.4, -0.2) is 34.0 Å². The molecular formula is C18H13ClFN3O2. The van der Waals surface area contributed by atoms with Crippen molar-refractivity contribution in [1.29, 1.82) is 0 Å². The highest BCUT2D eigenvalue weighted by Crippen LogP contribution is 2.30. The van der Waals surface area contributed by atoms with Gasteiger partial charge < -0.3 is 9.42 Å². The van der Waals surface area contributed by atoms with E-state index in [0.717, 1.165) is 11.6 Å². The highest BCUT2D eigenvalue weighted by atomic mass is 35.5. The van der Waals surface area contributed by atoms with Crippen molar-refractivity contribution in [3.05, 3.63) is 70.8 Å². The molecule has 0 unspecified atom stereocenters. The van der Waals surface area contributed by atoms with E-state index in [2.05, 4.69) is 10.1 Å². The largest absolute Gasteiger partial charge is 0.339 e. The van der Waals surface area contributed by atoms with Crippen LogP contribution in [0.4, 0.5) is 4.39 Å². The second kappa shape index (κ2) is 6.29. The second-order valence-electron chi connectivity index (χ2n) is 5.85. The average Bonchev–Trinajstić information content (AvgIpc) is 3.04. The van der Waals surface area contributed by atoms with Crippen molar-refractivity contribution in [3.8, 4) is 11.4 Å². The Morgan fingerprint density at radius 1 is 1.20 bits per heavy atom. The van der Waals surface area contributed by atoms with Crippen LogP contribution in [0.1, 0.15) is 22.2 Å². The van der Waals surface area contributed by atoms with Gasteiger partial charge in [-0.15, -0.1) is 0 Å². The molecule has 5 nitrogen and oxygen atoms in total. The molecule has 0 saturated carbocycles. The number of likely N-dealkylation sites (tertiary alicyclic amines) is 1. The van der Waals surface area contributed by atoms with Crippen LogP contribution in [-0.2, 0) is 0 Å². The van der Waals surface area contributed by atoms with E-state index in [1.165, 1.54) is 12.1 Å². The third-order valence-corrected chi connectivity index (χ3v) is 4.47. The van der Waals surface area contributed by atoms with Crippen molar-refractivity contribution in [2.45, 2.75) is 5.92 Å². The van der Waals surface area contributed by atoms with Gasteiger partial charge in [0.05, 0.1) is 16.5 Å². The van der Waals surface area contributed by atoms with Crippen LogP contribution in [0.25, 0.3) is 11.4 Å². The Morgan fingerprint density at radius 2 is 1.96 bits per heavy atom. The molecule has 25 heavy (non-hydrogen) atoms. The highest BCUT2D eigenvalue weighted by Gasteiger charge is 2.36. The summed E-state index contributed by atoms with van der Waals surface area (Å²) in [6, 6.07) is 13.3. The van der Waals surface area contributed by atoms with Gasteiger partial charge in [-0.2, -0.15) is 4.98 Å². The maximum atomic E-state index is 13.1. The van der Waals surface area contributed by atoms with Crippen molar-refractivity contribution in [2.24, 2.45) is 0 Å². The molecule has 0 bridgehead atoms. The molecule has 3 aromatic rings. The molecule has 126 valence electrons. The van der Waals surface area contributed by atoms with E-state index in [9.17, 15) is 9.18 Å². The molecule has 1 aliphatic heterocycles. The van der Waals surface area contributed by atoms with Gasteiger partial charge in [0.2, 0.25) is 11.7 Å². The number of benzene rings is 2. The minimum absolute atomic E-state index is 0.00636. The average molecular weight is 358 g/mol. The number of carbonyl (C=O) groups is 1. The van der Waals surface area contributed by atoms with Crippen LogP contribution in [0.5, 0.6) is 0 Å². The van der Waals surface area contributed by atoms with Gasteiger partial charge in [-0.3, -0.25) is 4.79 Å². The summed E-state index contributed by atoms with van der Waals surface area (Å²) in [5.41, 5.74) is 1.17. The summed E-state index contributed by atoms with van der Waals surface area (Å²) in [4.78, 5) is 18.4. The Bertz CT molecular complexity index is 923. The Balaban J connectivity index is 1.44. The third-order valence-electron chi connectivity index (χ3n) is 4.15. The number of nitrogens with zero attached hydrogens (tertiary/aromatic N) is 3. The van der Waals surface area contributed by atoms with E-state index in [0.29, 0.717) is 24.8 Å². The summed E-state index contributed by atoms with van der Waals surface area (Å²) in [7, 11) is 0. The first-order valence-corrected chi connectivity index (χ1v) is 8.13. The van der Waals surface area contributed by atoms with Crippen molar-refractivity contribution < 1.29 is 13.7 Å². The molecule has 0 spiro atoms. The van der Waals surface area contributed by atoms with E-state index < -0.39 is 5.82 Å². The molecule has 1 aromatic heterocycles. The minimum atomic E-state index is -0.470. The predicted molar refractivity (Wildman–Crippen MR) is 89.8 cm³/mol. The van der Waals surface area contributed by atoms with Crippen molar-refractivity contribution >= 4 is 17.5 Å². The van der Waals surface area contributed by atoms with E-state index >= 15 is 0 Å². The van der Waals surface area contributed by atoms with Gasteiger partial charge in [0.15, 0.2) is 0 Å². The van der Waals surface area contributed by atoms with Crippen molar-refractivity contribution in [3.63, 3.8) is 0 Å². The molecule has 1 aliphatic rings. The number of amides is 1. The summed E-state index contributed by atoms with van der Waals surface area (Å²) in [6.45, 7) is 0.923. The molecule has 2 heterocycles. The zero-order valence-electron chi connectivity index (χ0n) is 13.0. The number of hydrogen-bond acceptors (Lipinski definition) is 4. The lowest BCUT2D eigenvalue weighted by Crippen LogP contribution is -2.48. The van der Waals surface area contributed by atoms with Crippen LogP contribution < -0.4 is 0 Å². The molecule has 0 aliphatic carbocycles. The van der Waals surface area contributed by atoms with Gasteiger partial charge in [0.1, 0.15) is 5.82 Å². The van der Waals surface area contributed by atoms with Gasteiger partial charge in [0, 0.05) is 18.7 Å². The third kappa shape index (κ3) is 3.00. The van der Waals surface area contributed by atoms with Crippen molar-refractivity contribution in [1.82, 2.24) is 15.0 Å². The highest BCUT2D eigenvalue weighted by molar-refractivity contribution is 6.33. The number of carbonyl (C=O) groups excluding carboxylic acids is 1. The molecule has 0 atom stereocenters. The van der Waals surface area contributed by atoms with Gasteiger partial charge in [-0.05, 0) is 18.2 Å². The molecule has 4 rings (SSSR count). The molecule has 7 heteroatoms. The van der Waals surface area contributed by atoms with E-state index in [-0.39, 0.29) is 22.4 Å². The maximum Gasteiger partial charge on any atom is 0.255 e. The number of rotatable bonds is 3. The first-order valence-electron chi connectivity index (χ1n) is 7.75. The molecular weight excluding hydrogens is 345 g/mol. The van der Waals surface area contributed by atoms with E-state index in [4.69, 9.17) is 16.1 Å². The Morgan fingerprint density at radius 3 is 2.68 bits per heavy atom. The van der Waals surface area contributed by atoms with Gasteiger partial charge in [-0.25, -0.2) is 4.39 Å². The fourth-order valence-corrected chi connectivity index (χ4v) is 2.99. The van der Waals surface area contributed by atoms with Gasteiger partial charge in [0.25, 0.3) is 5.91 Å². The first kappa shape index (κ1) is 15.8. The van der Waals surface area contributed by atoms with Crippen LogP contribution in [0.3, 0.4) is 0 Å². The predicted octanol–water partition coefficient (Wildman–Crippen LogP) is 3.77. The minimum Gasteiger partial charge on any atom is -0.339 e. The number of aromatic nitrogens is 2. The summed E-state index contributed by atoms with van der Waals surface area (Å²) in [6.07, 6.45) is 0. The summed E-state index contributed by atoms with van der Waals surface area (Å²) < 4.78 is 18.4. The van der Waals surface area contributed by atoms with Gasteiger partial charge in [-0.1, -0.05) is 47.1 Å². The van der Waals surface area contributed by atoms with Crippen LogP contribution >= 0.6 is 11.6 Å². The lowest BCUT2D eigenvalue weighted by molar-refractivity contribution is 0.0569. The van der Waals surface area contributed by atoms with Gasteiger partial charge >= 0.3 is 0 Å². The Hall–Kier alpha value is -2.73. The van der Waals surface area contributed by atoms with Crippen LogP contribution in [0.15, 0.2) is 53.1 Å². The molecule has 2 aromatic carbocycles. The first-order chi connectivity index (χ1) is 12.1. The fraction of sp³-hybridized carbons (Fsp3) is 0.167. The van der Waals surface area contributed by atoms with Crippen LogP contribution in [0, 0.1) is 5.82 Å². The monoisotopic (exact) mass is 357 g/mol. The Labute approximate surface area is 148 Å². The molecule has 0 radical (unpaired) electrons. The fourth-order valence-electron chi connectivity index (χ4n) is 2.74. The van der Waals surface area contributed by atoms with E-state index in [1.54, 1.807) is 4.90 Å². The normalized spacial score (nSPS) is 14.4. The summed E-state index contributed by atoms with van der Waals surface area (Å²) in [5.74, 6) is 0.328. The standard InChI is InChI=1S/C18H13ClFN3O2/c19-15-8-13(20)6-7-14(15)18(24)23-9-12(10-23)17-21-16(22-25-17)11-4-2-1-3-5-11/h1-8,12H,9-10H2. The Kier molecular flexibility index (Phi) is 3.97.